The molecule has 1 fully saturated rings. The molecule has 166 valence electrons. The van der Waals surface area contributed by atoms with Crippen LogP contribution >= 0.6 is 11.8 Å². The highest BCUT2D eigenvalue weighted by Gasteiger charge is 2.44. The van der Waals surface area contributed by atoms with Gasteiger partial charge in [0.1, 0.15) is 23.8 Å². The number of nitrogens with two attached hydrogens (primary N) is 1. The van der Waals surface area contributed by atoms with Crippen LogP contribution in [0.5, 0.6) is 0 Å². The largest absolute Gasteiger partial charge is 0.480 e. The standard InChI is InChI=1S/C19H29N5O5S/c1-19(2,3)23-16-13-11(4-6-21-16)24(9-22-13)17-15(26)14(25)12(29-17)8-30-7-5-10(20)18(27)28/h4,6,9-10,12,14-15,17,25-26H,5,7-8,20H2,1-3H3,(H,21,23)(H,27,28). The van der Waals surface area contributed by atoms with Crippen LogP contribution in [0.25, 0.3) is 11.0 Å². The molecule has 30 heavy (non-hydrogen) atoms. The molecule has 0 aliphatic carbocycles. The van der Waals surface area contributed by atoms with Gasteiger partial charge in [-0.1, -0.05) is 0 Å². The molecule has 6 N–H and O–H groups in total. The number of carboxylic acid groups (broad SMARTS) is 1. The summed E-state index contributed by atoms with van der Waals surface area (Å²) in [5, 5.41) is 33.1. The van der Waals surface area contributed by atoms with Crippen LogP contribution in [0.2, 0.25) is 0 Å². The molecule has 11 heteroatoms. The van der Waals surface area contributed by atoms with Crippen molar-refractivity contribution < 1.29 is 24.9 Å². The zero-order valence-corrected chi connectivity index (χ0v) is 18.0. The summed E-state index contributed by atoms with van der Waals surface area (Å²) in [6.45, 7) is 6.07. The molecule has 5 atom stereocenters. The fourth-order valence-electron chi connectivity index (χ4n) is 3.24. The van der Waals surface area contributed by atoms with Crippen molar-refractivity contribution in [1.29, 1.82) is 0 Å². The lowest BCUT2D eigenvalue weighted by Gasteiger charge is -2.21. The molecule has 1 aliphatic heterocycles. The van der Waals surface area contributed by atoms with Crippen LogP contribution in [-0.2, 0) is 9.53 Å². The van der Waals surface area contributed by atoms with Gasteiger partial charge in [0.05, 0.1) is 17.9 Å². The minimum atomic E-state index is -1.12. The van der Waals surface area contributed by atoms with E-state index in [9.17, 15) is 15.0 Å². The summed E-state index contributed by atoms with van der Waals surface area (Å²) in [7, 11) is 0. The lowest BCUT2D eigenvalue weighted by atomic mass is 10.1. The van der Waals surface area contributed by atoms with E-state index in [0.29, 0.717) is 29.3 Å². The molecule has 0 spiro atoms. The number of aliphatic hydroxyl groups is 2. The van der Waals surface area contributed by atoms with E-state index in [0.717, 1.165) is 5.52 Å². The average molecular weight is 440 g/mol. The third-order valence-electron chi connectivity index (χ3n) is 4.77. The number of imidazole rings is 1. The summed E-state index contributed by atoms with van der Waals surface area (Å²) in [6, 6.07) is 0.876. The van der Waals surface area contributed by atoms with Crippen LogP contribution in [0.15, 0.2) is 18.6 Å². The van der Waals surface area contributed by atoms with Crippen LogP contribution in [0, 0.1) is 0 Å². The van der Waals surface area contributed by atoms with Gasteiger partial charge in [-0.15, -0.1) is 0 Å². The normalized spacial score (nSPS) is 25.5. The summed E-state index contributed by atoms with van der Waals surface area (Å²) >= 11 is 1.43. The SMILES string of the molecule is CC(C)(C)Nc1nccc2c1ncn2C1OC(CSCCC(N)C(=O)O)C(O)C1O. The number of carboxylic acids is 1. The predicted molar refractivity (Wildman–Crippen MR) is 114 cm³/mol. The molecule has 3 rings (SSSR count). The lowest BCUT2D eigenvalue weighted by Crippen LogP contribution is -2.33. The first-order valence-electron chi connectivity index (χ1n) is 9.76. The Morgan fingerprint density at radius 1 is 1.37 bits per heavy atom. The minimum absolute atomic E-state index is 0.198. The molecule has 0 bridgehead atoms. The van der Waals surface area contributed by atoms with Gasteiger partial charge in [-0.2, -0.15) is 11.8 Å². The number of aliphatic carboxylic acids is 1. The smallest absolute Gasteiger partial charge is 0.320 e. The zero-order chi connectivity index (χ0) is 22.1. The second kappa shape index (κ2) is 9.06. The molecule has 0 aromatic carbocycles. The van der Waals surface area contributed by atoms with Crippen molar-refractivity contribution >= 4 is 34.6 Å². The summed E-state index contributed by atoms with van der Waals surface area (Å²) in [6.07, 6.45) is -0.0294. The molecular weight excluding hydrogens is 410 g/mol. The number of anilines is 1. The molecular formula is C19H29N5O5S. The molecule has 2 aromatic rings. The van der Waals surface area contributed by atoms with Crippen molar-refractivity contribution in [3.8, 4) is 0 Å². The summed E-state index contributed by atoms with van der Waals surface area (Å²) in [4.78, 5) is 19.6. The summed E-state index contributed by atoms with van der Waals surface area (Å²) < 4.78 is 7.65. The number of thioether (sulfide) groups is 1. The molecule has 0 saturated carbocycles. The van der Waals surface area contributed by atoms with Crippen molar-refractivity contribution in [2.75, 3.05) is 16.8 Å². The van der Waals surface area contributed by atoms with Crippen molar-refractivity contribution in [3.63, 3.8) is 0 Å². The summed E-state index contributed by atoms with van der Waals surface area (Å²) in [5.41, 5.74) is 6.68. The third-order valence-corrected chi connectivity index (χ3v) is 5.86. The molecule has 1 saturated heterocycles. The zero-order valence-electron chi connectivity index (χ0n) is 17.2. The molecule has 1 aliphatic rings. The highest BCUT2D eigenvalue weighted by molar-refractivity contribution is 7.99. The number of nitrogens with one attached hydrogen (secondary N) is 1. The predicted octanol–water partition coefficient (Wildman–Crippen LogP) is 0.796. The number of aromatic nitrogens is 3. The van der Waals surface area contributed by atoms with Gasteiger partial charge in [-0.25, -0.2) is 9.97 Å². The van der Waals surface area contributed by atoms with Crippen LogP contribution in [-0.4, -0.2) is 77.2 Å². The highest BCUT2D eigenvalue weighted by Crippen LogP contribution is 2.34. The number of carbonyl (C=O) groups is 1. The Morgan fingerprint density at radius 3 is 2.77 bits per heavy atom. The minimum Gasteiger partial charge on any atom is -0.480 e. The van der Waals surface area contributed by atoms with Gasteiger partial charge in [0.15, 0.2) is 12.0 Å². The fraction of sp³-hybridized carbons (Fsp3) is 0.632. The first kappa shape index (κ1) is 22.8. The Bertz CT molecular complexity index is 886. The number of fused-ring (bicyclic) bond motifs is 1. The number of pyridine rings is 1. The third kappa shape index (κ3) is 5.03. The number of rotatable bonds is 8. The van der Waals surface area contributed by atoms with Crippen LogP contribution in [0.3, 0.4) is 0 Å². The van der Waals surface area contributed by atoms with Gasteiger partial charge in [0.25, 0.3) is 0 Å². The van der Waals surface area contributed by atoms with Crippen LogP contribution < -0.4 is 11.1 Å². The maximum atomic E-state index is 10.8. The van der Waals surface area contributed by atoms with E-state index in [2.05, 4.69) is 15.3 Å². The van der Waals surface area contributed by atoms with E-state index in [4.69, 9.17) is 15.6 Å². The number of ether oxygens (including phenoxy) is 1. The fourth-order valence-corrected chi connectivity index (χ4v) is 4.34. The first-order valence-corrected chi connectivity index (χ1v) is 10.9. The van der Waals surface area contributed by atoms with Gasteiger partial charge in [-0.3, -0.25) is 4.79 Å². The van der Waals surface area contributed by atoms with Crippen LogP contribution in [0.4, 0.5) is 5.82 Å². The van der Waals surface area contributed by atoms with Gasteiger partial charge in [0.2, 0.25) is 0 Å². The molecule has 10 nitrogen and oxygen atoms in total. The number of hydrogen-bond donors (Lipinski definition) is 5. The molecule has 2 aromatic heterocycles. The molecule has 3 heterocycles. The van der Waals surface area contributed by atoms with Crippen molar-refractivity contribution in [3.05, 3.63) is 18.6 Å². The highest BCUT2D eigenvalue weighted by atomic mass is 32.2. The van der Waals surface area contributed by atoms with E-state index in [-0.39, 0.29) is 5.54 Å². The lowest BCUT2D eigenvalue weighted by molar-refractivity contribution is -0.138. The van der Waals surface area contributed by atoms with Gasteiger partial charge in [0, 0.05) is 17.5 Å². The van der Waals surface area contributed by atoms with E-state index in [1.165, 1.54) is 11.8 Å². The second-order valence-corrected chi connectivity index (χ2v) is 9.56. The Labute approximate surface area is 178 Å². The molecule has 0 amide bonds. The number of aliphatic hydroxyl groups excluding tert-OH is 2. The first-order chi connectivity index (χ1) is 14.1. The molecule has 0 radical (unpaired) electrons. The van der Waals surface area contributed by atoms with Gasteiger partial charge in [-0.05, 0) is 39.0 Å². The van der Waals surface area contributed by atoms with E-state index >= 15 is 0 Å². The maximum Gasteiger partial charge on any atom is 0.320 e. The Kier molecular flexibility index (Phi) is 6.88. The summed E-state index contributed by atoms with van der Waals surface area (Å²) in [5.74, 6) is 0.521. The van der Waals surface area contributed by atoms with Gasteiger partial charge < -0.3 is 35.7 Å². The van der Waals surface area contributed by atoms with Crippen molar-refractivity contribution in [1.82, 2.24) is 14.5 Å². The quantitative estimate of drug-likeness (QED) is 0.373. The van der Waals surface area contributed by atoms with Crippen molar-refractivity contribution in [2.24, 2.45) is 5.73 Å². The van der Waals surface area contributed by atoms with Crippen LogP contribution in [0.1, 0.15) is 33.4 Å². The molecule has 5 unspecified atom stereocenters. The van der Waals surface area contributed by atoms with E-state index in [1.54, 1.807) is 23.2 Å². The Morgan fingerprint density at radius 2 is 2.10 bits per heavy atom. The number of hydrogen-bond acceptors (Lipinski definition) is 9. The van der Waals surface area contributed by atoms with Gasteiger partial charge >= 0.3 is 5.97 Å². The Hall–Kier alpha value is -1.92. The topological polar surface area (TPSA) is 156 Å². The van der Waals surface area contributed by atoms with E-state index < -0.39 is 36.6 Å². The van der Waals surface area contributed by atoms with E-state index in [1.807, 2.05) is 20.8 Å². The monoisotopic (exact) mass is 439 g/mol. The second-order valence-electron chi connectivity index (χ2n) is 8.41. The maximum absolute atomic E-state index is 10.8. The Balaban J connectivity index is 1.70. The van der Waals surface area contributed by atoms with Crippen molar-refractivity contribution in [2.45, 2.75) is 63.3 Å². The average Bonchev–Trinajstić information content (AvgIpc) is 3.20. The number of nitrogens with zero attached hydrogens (tertiary/aromatic N) is 3.